The topological polar surface area (TPSA) is 23.5 Å². The maximum absolute atomic E-state index is 9.41. The average Bonchev–Trinajstić information content (AvgIpc) is 2.24. The van der Waals surface area contributed by atoms with Crippen LogP contribution in [0.3, 0.4) is 0 Å². The Balaban J connectivity index is 2.62. The van der Waals surface area contributed by atoms with E-state index in [4.69, 9.17) is 0 Å². The Morgan fingerprint density at radius 2 is 2.12 bits per heavy atom. The lowest BCUT2D eigenvalue weighted by molar-refractivity contribution is 0.236. The zero-order valence-electron chi connectivity index (χ0n) is 10.2. The second-order valence-electron chi connectivity index (χ2n) is 4.34. The molecule has 1 rings (SSSR count). The molecule has 1 atom stereocenters. The standard InChI is InChI=1S/C13H20BrNO/c1-4-5-10(2)15(3)9-11-6-7-13(16)12(14)8-11/h6-8,10,16H,4-5,9H2,1-3H3. The monoisotopic (exact) mass is 285 g/mol. The van der Waals surface area contributed by atoms with Crippen LogP contribution in [-0.4, -0.2) is 23.1 Å². The molecular weight excluding hydrogens is 266 g/mol. The number of phenolic OH excluding ortho intramolecular Hbond substituents is 1. The molecule has 0 spiro atoms. The first-order chi connectivity index (χ1) is 7.54. The van der Waals surface area contributed by atoms with Gasteiger partial charge in [0.2, 0.25) is 0 Å². The van der Waals surface area contributed by atoms with Crippen molar-refractivity contribution >= 4 is 15.9 Å². The summed E-state index contributed by atoms with van der Waals surface area (Å²) in [5.74, 6) is 0.299. The molecule has 0 radical (unpaired) electrons. The van der Waals surface area contributed by atoms with Crippen molar-refractivity contribution in [3.05, 3.63) is 28.2 Å². The van der Waals surface area contributed by atoms with Crippen molar-refractivity contribution in [1.29, 1.82) is 0 Å². The average molecular weight is 286 g/mol. The van der Waals surface area contributed by atoms with Crippen molar-refractivity contribution in [2.24, 2.45) is 0 Å². The highest BCUT2D eigenvalue weighted by atomic mass is 79.9. The van der Waals surface area contributed by atoms with Crippen molar-refractivity contribution < 1.29 is 5.11 Å². The van der Waals surface area contributed by atoms with E-state index in [0.717, 1.165) is 11.0 Å². The molecule has 0 aliphatic heterocycles. The number of nitrogens with zero attached hydrogens (tertiary/aromatic N) is 1. The van der Waals surface area contributed by atoms with Gasteiger partial charge in [0.25, 0.3) is 0 Å². The molecule has 0 amide bonds. The lowest BCUT2D eigenvalue weighted by Crippen LogP contribution is -2.28. The van der Waals surface area contributed by atoms with E-state index in [9.17, 15) is 5.11 Å². The molecule has 1 aromatic rings. The van der Waals surface area contributed by atoms with Gasteiger partial charge in [-0.3, -0.25) is 4.90 Å². The molecule has 16 heavy (non-hydrogen) atoms. The number of benzene rings is 1. The molecule has 0 saturated heterocycles. The first kappa shape index (κ1) is 13.5. The van der Waals surface area contributed by atoms with Crippen molar-refractivity contribution in [3.8, 4) is 5.75 Å². The van der Waals surface area contributed by atoms with Crippen LogP contribution >= 0.6 is 15.9 Å². The van der Waals surface area contributed by atoms with E-state index < -0.39 is 0 Å². The van der Waals surface area contributed by atoms with Gasteiger partial charge in [-0.1, -0.05) is 19.4 Å². The van der Waals surface area contributed by atoms with Gasteiger partial charge in [-0.15, -0.1) is 0 Å². The molecule has 0 saturated carbocycles. The Morgan fingerprint density at radius 3 is 2.69 bits per heavy atom. The molecule has 3 heteroatoms. The first-order valence-corrected chi connectivity index (χ1v) is 6.51. The highest BCUT2D eigenvalue weighted by Gasteiger charge is 2.09. The summed E-state index contributed by atoms with van der Waals surface area (Å²) in [5, 5.41) is 9.41. The molecule has 1 aromatic carbocycles. The summed E-state index contributed by atoms with van der Waals surface area (Å²) in [6.07, 6.45) is 2.43. The third-order valence-electron chi connectivity index (χ3n) is 2.90. The van der Waals surface area contributed by atoms with Crippen LogP contribution in [0.2, 0.25) is 0 Å². The van der Waals surface area contributed by atoms with Crippen LogP contribution in [0.15, 0.2) is 22.7 Å². The van der Waals surface area contributed by atoms with Crippen molar-refractivity contribution in [2.75, 3.05) is 7.05 Å². The Labute approximate surface area is 106 Å². The molecule has 0 aliphatic rings. The molecule has 0 aromatic heterocycles. The minimum absolute atomic E-state index is 0.299. The van der Waals surface area contributed by atoms with E-state index in [1.807, 2.05) is 12.1 Å². The summed E-state index contributed by atoms with van der Waals surface area (Å²) >= 11 is 3.34. The van der Waals surface area contributed by atoms with Gasteiger partial charge < -0.3 is 5.11 Å². The Kier molecular flexibility index (Phi) is 5.29. The fourth-order valence-electron chi connectivity index (χ4n) is 1.73. The zero-order chi connectivity index (χ0) is 12.1. The maximum Gasteiger partial charge on any atom is 0.129 e. The Bertz CT molecular complexity index is 341. The first-order valence-electron chi connectivity index (χ1n) is 5.72. The Hall–Kier alpha value is -0.540. The number of hydrogen-bond acceptors (Lipinski definition) is 2. The molecule has 90 valence electrons. The van der Waals surface area contributed by atoms with Crippen LogP contribution in [0.25, 0.3) is 0 Å². The minimum Gasteiger partial charge on any atom is -0.507 e. The van der Waals surface area contributed by atoms with Gasteiger partial charge in [-0.05, 0) is 54.0 Å². The molecule has 0 heterocycles. The minimum atomic E-state index is 0.299. The smallest absolute Gasteiger partial charge is 0.129 e. The second-order valence-corrected chi connectivity index (χ2v) is 5.19. The number of rotatable bonds is 5. The van der Waals surface area contributed by atoms with Crippen molar-refractivity contribution in [3.63, 3.8) is 0 Å². The maximum atomic E-state index is 9.41. The zero-order valence-corrected chi connectivity index (χ0v) is 11.8. The van der Waals surface area contributed by atoms with Gasteiger partial charge >= 0.3 is 0 Å². The van der Waals surface area contributed by atoms with Gasteiger partial charge in [0.05, 0.1) is 4.47 Å². The molecule has 2 nitrogen and oxygen atoms in total. The van der Waals surface area contributed by atoms with Gasteiger partial charge in [0, 0.05) is 12.6 Å². The van der Waals surface area contributed by atoms with Crippen LogP contribution in [0.5, 0.6) is 5.75 Å². The van der Waals surface area contributed by atoms with Gasteiger partial charge in [0.1, 0.15) is 5.75 Å². The van der Waals surface area contributed by atoms with E-state index in [1.54, 1.807) is 6.07 Å². The second kappa shape index (κ2) is 6.26. The quantitative estimate of drug-likeness (QED) is 0.890. The normalized spacial score (nSPS) is 13.1. The van der Waals surface area contributed by atoms with Crippen LogP contribution in [-0.2, 0) is 6.54 Å². The summed E-state index contributed by atoms with van der Waals surface area (Å²) in [4.78, 5) is 2.34. The van der Waals surface area contributed by atoms with Crippen molar-refractivity contribution in [1.82, 2.24) is 4.90 Å². The van der Waals surface area contributed by atoms with E-state index in [1.165, 1.54) is 18.4 Å². The SMILES string of the molecule is CCCC(C)N(C)Cc1ccc(O)c(Br)c1. The van der Waals surface area contributed by atoms with E-state index in [2.05, 4.69) is 41.7 Å². The molecule has 1 unspecified atom stereocenters. The molecule has 0 fully saturated rings. The van der Waals surface area contributed by atoms with Gasteiger partial charge in [0.15, 0.2) is 0 Å². The molecule has 1 N–H and O–H groups in total. The summed E-state index contributed by atoms with van der Waals surface area (Å²) in [5.41, 5.74) is 1.22. The van der Waals surface area contributed by atoms with Crippen LogP contribution in [0.1, 0.15) is 32.3 Å². The Morgan fingerprint density at radius 1 is 1.44 bits per heavy atom. The number of aromatic hydroxyl groups is 1. The number of phenols is 1. The summed E-state index contributed by atoms with van der Waals surface area (Å²) < 4.78 is 0.765. The third kappa shape index (κ3) is 3.80. The molecular formula is C13H20BrNO. The van der Waals surface area contributed by atoms with Crippen LogP contribution in [0.4, 0.5) is 0 Å². The highest BCUT2D eigenvalue weighted by Crippen LogP contribution is 2.25. The predicted octanol–water partition coefficient (Wildman–Crippen LogP) is 3.78. The molecule has 0 aliphatic carbocycles. The van der Waals surface area contributed by atoms with Gasteiger partial charge in [-0.2, -0.15) is 0 Å². The lowest BCUT2D eigenvalue weighted by Gasteiger charge is -2.24. The van der Waals surface area contributed by atoms with Crippen LogP contribution < -0.4 is 0 Å². The molecule has 0 bridgehead atoms. The summed E-state index contributed by atoms with van der Waals surface area (Å²) in [7, 11) is 2.14. The van der Waals surface area contributed by atoms with E-state index >= 15 is 0 Å². The fourth-order valence-corrected chi connectivity index (χ4v) is 2.16. The number of halogens is 1. The predicted molar refractivity (Wildman–Crippen MR) is 71.6 cm³/mol. The van der Waals surface area contributed by atoms with Crippen LogP contribution in [0, 0.1) is 0 Å². The largest absolute Gasteiger partial charge is 0.507 e. The third-order valence-corrected chi connectivity index (χ3v) is 3.54. The highest BCUT2D eigenvalue weighted by molar-refractivity contribution is 9.10. The van der Waals surface area contributed by atoms with Crippen molar-refractivity contribution in [2.45, 2.75) is 39.3 Å². The lowest BCUT2D eigenvalue weighted by atomic mass is 10.1. The van der Waals surface area contributed by atoms with E-state index in [-0.39, 0.29) is 0 Å². The number of hydrogen-bond donors (Lipinski definition) is 1. The van der Waals surface area contributed by atoms with E-state index in [0.29, 0.717) is 11.8 Å². The summed E-state index contributed by atoms with van der Waals surface area (Å²) in [6, 6.07) is 6.27. The van der Waals surface area contributed by atoms with Gasteiger partial charge in [-0.25, -0.2) is 0 Å². The summed E-state index contributed by atoms with van der Waals surface area (Å²) in [6.45, 7) is 5.38. The fraction of sp³-hybridized carbons (Fsp3) is 0.538.